The topological polar surface area (TPSA) is 81.4 Å². The maximum Gasteiger partial charge on any atom is 0.295 e. The molecule has 3 heterocycles. The number of nitro benzene ring substituents is 1. The molecule has 0 N–H and O–H groups in total. The normalized spacial score (nSPS) is 17.6. The van der Waals surface area contributed by atoms with E-state index < -0.39 is 0 Å². The van der Waals surface area contributed by atoms with Crippen molar-refractivity contribution in [1.82, 2.24) is 9.97 Å². The molecule has 0 bridgehead atoms. The van der Waals surface area contributed by atoms with Crippen LogP contribution in [0.5, 0.6) is 0 Å². The van der Waals surface area contributed by atoms with Crippen LogP contribution in [0.25, 0.3) is 10.9 Å². The highest BCUT2D eigenvalue weighted by atomic mass is 32.1. The molecule has 7 nitrogen and oxygen atoms in total. The van der Waals surface area contributed by atoms with Gasteiger partial charge in [0.05, 0.1) is 18.1 Å². The first-order chi connectivity index (χ1) is 12.5. The fourth-order valence-corrected chi connectivity index (χ4v) is 4.12. The molecule has 0 spiro atoms. The van der Waals surface area contributed by atoms with E-state index >= 15 is 0 Å². The number of fused-ring (bicyclic) bond motifs is 1. The van der Waals surface area contributed by atoms with Gasteiger partial charge >= 0.3 is 0 Å². The molecule has 1 aromatic carbocycles. The second-order valence-electron chi connectivity index (χ2n) is 6.35. The van der Waals surface area contributed by atoms with E-state index in [4.69, 9.17) is 4.74 Å². The lowest BCUT2D eigenvalue weighted by molar-refractivity contribution is -0.383. The van der Waals surface area contributed by atoms with Crippen LogP contribution >= 0.6 is 11.3 Å². The molecule has 3 aromatic rings. The molecule has 1 saturated heterocycles. The van der Waals surface area contributed by atoms with Crippen LogP contribution in [-0.4, -0.2) is 34.6 Å². The number of hydrogen-bond donors (Lipinski definition) is 0. The number of anilines is 1. The average Bonchev–Trinajstić information content (AvgIpc) is 3.07. The van der Waals surface area contributed by atoms with Gasteiger partial charge in [-0.05, 0) is 19.9 Å². The van der Waals surface area contributed by atoms with E-state index in [0.29, 0.717) is 18.7 Å². The average molecular weight is 370 g/mol. The number of non-ortho nitro benzene ring substituents is 1. The maximum atomic E-state index is 11.4. The third kappa shape index (κ3) is 3.02. The maximum absolute atomic E-state index is 11.4. The summed E-state index contributed by atoms with van der Waals surface area (Å²) in [4.78, 5) is 22.2. The highest BCUT2D eigenvalue weighted by Crippen LogP contribution is 2.35. The quantitative estimate of drug-likeness (QED) is 0.515. The van der Waals surface area contributed by atoms with Gasteiger partial charge in [-0.25, -0.2) is 9.97 Å². The monoisotopic (exact) mass is 370 g/mol. The predicted octanol–water partition coefficient (Wildman–Crippen LogP) is 3.79. The van der Waals surface area contributed by atoms with Crippen LogP contribution in [0.2, 0.25) is 0 Å². The minimum Gasteiger partial charge on any atom is -0.367 e. The first-order valence-corrected chi connectivity index (χ1v) is 9.24. The summed E-state index contributed by atoms with van der Waals surface area (Å²) in [5, 5.41) is 15.2. The number of pyridine rings is 1. The predicted molar refractivity (Wildman–Crippen MR) is 101 cm³/mol. The third-order valence-corrected chi connectivity index (χ3v) is 5.50. The Morgan fingerprint density at radius 2 is 2.15 bits per heavy atom. The number of hydrogen-bond acceptors (Lipinski definition) is 7. The number of aromatic nitrogens is 2. The fraction of sp³-hybridized carbons (Fsp3) is 0.333. The van der Waals surface area contributed by atoms with Crippen molar-refractivity contribution in [3.63, 3.8) is 0 Å². The zero-order valence-corrected chi connectivity index (χ0v) is 15.3. The van der Waals surface area contributed by atoms with Crippen molar-refractivity contribution in [2.24, 2.45) is 0 Å². The summed E-state index contributed by atoms with van der Waals surface area (Å²) in [5.74, 6) is 0. The van der Waals surface area contributed by atoms with Crippen LogP contribution in [0.4, 0.5) is 11.4 Å². The second-order valence-corrected chi connectivity index (χ2v) is 7.24. The largest absolute Gasteiger partial charge is 0.367 e. The van der Waals surface area contributed by atoms with Gasteiger partial charge in [-0.2, -0.15) is 0 Å². The van der Waals surface area contributed by atoms with Crippen LogP contribution in [0.1, 0.15) is 22.5 Å². The van der Waals surface area contributed by atoms with Crippen molar-refractivity contribution in [2.45, 2.75) is 20.0 Å². The van der Waals surface area contributed by atoms with Gasteiger partial charge in [-0.15, -0.1) is 11.3 Å². The first kappa shape index (κ1) is 16.9. The Morgan fingerprint density at radius 1 is 1.31 bits per heavy atom. The van der Waals surface area contributed by atoms with Crippen molar-refractivity contribution >= 4 is 33.6 Å². The number of rotatable bonds is 3. The van der Waals surface area contributed by atoms with E-state index in [9.17, 15) is 10.1 Å². The summed E-state index contributed by atoms with van der Waals surface area (Å²) in [7, 11) is 0. The van der Waals surface area contributed by atoms with E-state index in [1.807, 2.05) is 31.4 Å². The van der Waals surface area contributed by atoms with Crippen LogP contribution in [0.15, 0.2) is 29.6 Å². The van der Waals surface area contributed by atoms with Gasteiger partial charge in [0.1, 0.15) is 11.1 Å². The molecule has 0 amide bonds. The van der Waals surface area contributed by atoms with E-state index in [-0.39, 0.29) is 16.7 Å². The molecule has 26 heavy (non-hydrogen) atoms. The molecule has 1 fully saturated rings. The van der Waals surface area contributed by atoms with Gasteiger partial charge in [0.15, 0.2) is 5.52 Å². The number of aryl methyl sites for hydroxylation is 2. The van der Waals surface area contributed by atoms with Gasteiger partial charge in [-0.3, -0.25) is 10.1 Å². The molecule has 1 atom stereocenters. The van der Waals surface area contributed by atoms with Crippen molar-refractivity contribution in [2.75, 3.05) is 24.6 Å². The number of ether oxygens (including phenoxy) is 1. The zero-order valence-electron chi connectivity index (χ0n) is 14.5. The van der Waals surface area contributed by atoms with Crippen molar-refractivity contribution in [1.29, 1.82) is 0 Å². The smallest absolute Gasteiger partial charge is 0.295 e. The number of thiazole rings is 1. The van der Waals surface area contributed by atoms with E-state index in [1.54, 1.807) is 17.4 Å². The van der Waals surface area contributed by atoms with Crippen LogP contribution in [0.3, 0.4) is 0 Å². The Bertz CT molecular complexity index is 988. The van der Waals surface area contributed by atoms with Gasteiger partial charge in [-0.1, -0.05) is 12.1 Å². The van der Waals surface area contributed by atoms with Gasteiger partial charge in [0.2, 0.25) is 0 Å². The second kappa shape index (κ2) is 6.62. The van der Waals surface area contributed by atoms with Gasteiger partial charge in [0, 0.05) is 40.5 Å². The molecular formula is C18H18N4O3S. The molecule has 1 unspecified atom stereocenters. The van der Waals surface area contributed by atoms with Crippen molar-refractivity contribution in [3.05, 3.63) is 56.2 Å². The highest BCUT2D eigenvalue weighted by Gasteiger charge is 2.26. The lowest BCUT2D eigenvalue weighted by Gasteiger charge is -2.34. The Balaban J connectivity index is 1.76. The molecule has 134 valence electrons. The van der Waals surface area contributed by atoms with E-state index in [2.05, 4.69) is 14.9 Å². The minimum absolute atomic E-state index is 0.0350. The number of para-hydroxylation sites is 1. The molecule has 8 heteroatoms. The number of morpholine rings is 1. The minimum atomic E-state index is -0.376. The van der Waals surface area contributed by atoms with E-state index in [1.165, 1.54) is 6.07 Å². The lowest BCUT2D eigenvalue weighted by atomic mass is 10.1. The van der Waals surface area contributed by atoms with Crippen molar-refractivity contribution < 1.29 is 9.66 Å². The molecule has 0 radical (unpaired) electrons. The van der Waals surface area contributed by atoms with Crippen LogP contribution in [-0.2, 0) is 4.74 Å². The lowest BCUT2D eigenvalue weighted by Crippen LogP contribution is -2.38. The Morgan fingerprint density at radius 3 is 2.88 bits per heavy atom. The van der Waals surface area contributed by atoms with Crippen LogP contribution in [0, 0.1) is 24.0 Å². The molecular weight excluding hydrogens is 352 g/mol. The summed E-state index contributed by atoms with van der Waals surface area (Å²) in [5.41, 5.74) is 3.17. The molecule has 2 aromatic heterocycles. The summed E-state index contributed by atoms with van der Waals surface area (Å²) >= 11 is 1.60. The summed E-state index contributed by atoms with van der Waals surface area (Å²) in [6, 6.07) is 7.09. The summed E-state index contributed by atoms with van der Waals surface area (Å²) < 4.78 is 5.92. The Labute approximate surface area is 154 Å². The standard InChI is InChI=1S/C18H18N4O3S/c1-11-8-15(13-4-3-5-14(22(23)24)17(13)19-11)21-6-7-25-16(9-21)18-20-12(2)10-26-18/h3-5,8,10,16H,6-7,9H2,1-2H3. The summed E-state index contributed by atoms with van der Waals surface area (Å²) in [6.45, 7) is 5.80. The van der Waals surface area contributed by atoms with E-state index in [0.717, 1.165) is 34.0 Å². The van der Waals surface area contributed by atoms with Gasteiger partial charge in [0.25, 0.3) is 5.69 Å². The highest BCUT2D eigenvalue weighted by molar-refractivity contribution is 7.09. The third-order valence-electron chi connectivity index (χ3n) is 4.44. The number of nitro groups is 1. The summed E-state index contributed by atoms with van der Waals surface area (Å²) in [6.07, 6.45) is -0.0929. The molecule has 1 aliphatic rings. The Hall–Kier alpha value is -2.58. The van der Waals surface area contributed by atoms with Crippen LogP contribution < -0.4 is 4.90 Å². The zero-order chi connectivity index (χ0) is 18.3. The molecule has 4 rings (SSSR count). The fourth-order valence-electron chi connectivity index (χ4n) is 3.29. The van der Waals surface area contributed by atoms with Crippen molar-refractivity contribution in [3.8, 4) is 0 Å². The SMILES string of the molecule is Cc1csc(C2CN(c3cc(C)nc4c([N+](=O)[O-])cccc34)CCO2)n1. The van der Waals surface area contributed by atoms with Gasteiger partial charge < -0.3 is 9.64 Å². The Kier molecular flexibility index (Phi) is 4.29. The molecule has 1 aliphatic heterocycles. The number of nitrogens with zero attached hydrogens (tertiary/aromatic N) is 4. The molecule has 0 aliphatic carbocycles. The molecule has 0 saturated carbocycles. The first-order valence-electron chi connectivity index (χ1n) is 8.36. The number of benzene rings is 1.